The van der Waals surface area contributed by atoms with Crippen LogP contribution in [0.4, 0.5) is 10.1 Å². The fraction of sp³-hybridized carbons (Fsp3) is 0.471. The Morgan fingerprint density at radius 1 is 1.48 bits per heavy atom. The second-order valence-corrected chi connectivity index (χ2v) is 8.19. The lowest BCUT2D eigenvalue weighted by atomic mass is 9.98. The highest BCUT2D eigenvalue weighted by Gasteiger charge is 2.43. The molecule has 25 heavy (non-hydrogen) atoms. The second kappa shape index (κ2) is 7.05. The van der Waals surface area contributed by atoms with E-state index in [2.05, 4.69) is 0 Å². The summed E-state index contributed by atoms with van der Waals surface area (Å²) in [6, 6.07) is 2.82. The van der Waals surface area contributed by atoms with Crippen molar-refractivity contribution >= 4 is 34.1 Å². The molecule has 1 aromatic rings. The summed E-state index contributed by atoms with van der Waals surface area (Å²) >= 11 is 5.98. The lowest BCUT2D eigenvalue weighted by molar-refractivity contribution is -0.138. The summed E-state index contributed by atoms with van der Waals surface area (Å²) in [5.74, 6) is -0.621. The zero-order chi connectivity index (χ0) is 18.3. The number of anilines is 1. The van der Waals surface area contributed by atoms with Crippen LogP contribution in [0.2, 0.25) is 5.02 Å². The fourth-order valence-corrected chi connectivity index (χ4v) is 5.15. The van der Waals surface area contributed by atoms with E-state index in [1.807, 2.05) is 23.9 Å². The molecule has 0 saturated carbocycles. The standard InChI is InChI=1S/C17H20ClFN2O3S/c1-4-24-17(22)12-5-10-6-14(19)13(18)7-15(10)21-11(8-20(2)3)9-25(23)16(12)21/h6-7,11H,4-5,8-9H2,1-3H3. The summed E-state index contributed by atoms with van der Waals surface area (Å²) in [6.07, 6.45) is 0.189. The number of hydrogen-bond donors (Lipinski definition) is 0. The van der Waals surface area contributed by atoms with Crippen molar-refractivity contribution in [3.63, 3.8) is 0 Å². The van der Waals surface area contributed by atoms with E-state index in [4.69, 9.17) is 16.3 Å². The molecule has 5 nitrogen and oxygen atoms in total. The van der Waals surface area contributed by atoms with E-state index in [1.165, 1.54) is 6.07 Å². The first kappa shape index (κ1) is 18.4. The fourth-order valence-electron chi connectivity index (χ4n) is 3.34. The topological polar surface area (TPSA) is 49.9 Å². The minimum atomic E-state index is -1.32. The predicted molar refractivity (Wildman–Crippen MR) is 96.6 cm³/mol. The van der Waals surface area contributed by atoms with Crippen molar-refractivity contribution in [3.8, 4) is 0 Å². The van der Waals surface area contributed by atoms with Crippen LogP contribution in [0.15, 0.2) is 22.7 Å². The summed E-state index contributed by atoms with van der Waals surface area (Å²) in [4.78, 5) is 16.3. The lowest BCUT2D eigenvalue weighted by Crippen LogP contribution is -2.41. The molecule has 0 N–H and O–H groups in total. The van der Waals surface area contributed by atoms with Gasteiger partial charge in [0, 0.05) is 18.7 Å². The molecule has 2 aliphatic rings. The molecule has 2 atom stereocenters. The molecule has 1 aromatic carbocycles. The van der Waals surface area contributed by atoms with Crippen LogP contribution in [0.1, 0.15) is 12.5 Å². The third kappa shape index (κ3) is 3.32. The Labute approximate surface area is 153 Å². The molecule has 2 aliphatic heterocycles. The molecular formula is C17H20ClFN2O3S. The smallest absolute Gasteiger partial charge is 0.337 e. The number of carbonyl (C=O) groups excluding carboxylic acids is 1. The van der Waals surface area contributed by atoms with Gasteiger partial charge in [-0.2, -0.15) is 0 Å². The van der Waals surface area contributed by atoms with Gasteiger partial charge in [-0.05, 0) is 38.7 Å². The molecule has 0 bridgehead atoms. The van der Waals surface area contributed by atoms with Crippen LogP contribution >= 0.6 is 11.6 Å². The van der Waals surface area contributed by atoms with Crippen molar-refractivity contribution < 1.29 is 18.1 Å². The van der Waals surface area contributed by atoms with Gasteiger partial charge in [-0.15, -0.1) is 0 Å². The van der Waals surface area contributed by atoms with Crippen LogP contribution in [-0.2, 0) is 26.8 Å². The minimum absolute atomic E-state index is 0.0129. The van der Waals surface area contributed by atoms with Crippen molar-refractivity contribution in [2.24, 2.45) is 0 Å². The Hall–Kier alpha value is -1.44. The van der Waals surface area contributed by atoms with Crippen molar-refractivity contribution in [3.05, 3.63) is 39.1 Å². The van der Waals surface area contributed by atoms with E-state index < -0.39 is 22.6 Å². The summed E-state index contributed by atoms with van der Waals surface area (Å²) < 4.78 is 31.9. The average molecular weight is 387 g/mol. The number of fused-ring (bicyclic) bond motifs is 3. The van der Waals surface area contributed by atoms with Gasteiger partial charge in [0.1, 0.15) is 10.8 Å². The lowest BCUT2D eigenvalue weighted by Gasteiger charge is -2.34. The third-order valence-corrected chi connectivity index (χ3v) is 6.10. The Kier molecular flexibility index (Phi) is 5.18. The number of rotatable bonds is 4. The maximum atomic E-state index is 14.0. The maximum Gasteiger partial charge on any atom is 0.337 e. The van der Waals surface area contributed by atoms with Gasteiger partial charge in [0.25, 0.3) is 0 Å². The Morgan fingerprint density at radius 2 is 2.20 bits per heavy atom. The summed E-state index contributed by atoms with van der Waals surface area (Å²) in [5.41, 5.74) is 1.71. The number of carbonyl (C=O) groups is 1. The van der Waals surface area contributed by atoms with Gasteiger partial charge >= 0.3 is 5.97 Å². The molecule has 1 fully saturated rings. The van der Waals surface area contributed by atoms with Crippen LogP contribution in [0, 0.1) is 5.82 Å². The molecule has 3 rings (SSSR count). The third-order valence-electron chi connectivity index (χ3n) is 4.25. The van der Waals surface area contributed by atoms with Crippen molar-refractivity contribution in [2.75, 3.05) is 37.9 Å². The number of nitrogens with zero attached hydrogens (tertiary/aromatic N) is 2. The number of benzene rings is 1. The molecule has 0 aromatic heterocycles. The quantitative estimate of drug-likeness (QED) is 0.743. The van der Waals surface area contributed by atoms with Gasteiger partial charge in [-0.1, -0.05) is 11.6 Å². The summed E-state index contributed by atoms with van der Waals surface area (Å²) in [5, 5.41) is 0.486. The van der Waals surface area contributed by atoms with E-state index in [1.54, 1.807) is 13.0 Å². The number of ether oxygens (including phenoxy) is 1. The van der Waals surface area contributed by atoms with Gasteiger partial charge < -0.3 is 14.5 Å². The zero-order valence-corrected chi connectivity index (χ0v) is 15.9. The van der Waals surface area contributed by atoms with Gasteiger partial charge in [-0.3, -0.25) is 4.21 Å². The highest BCUT2D eigenvalue weighted by molar-refractivity contribution is 7.89. The molecule has 0 spiro atoms. The largest absolute Gasteiger partial charge is 0.463 e. The van der Waals surface area contributed by atoms with Crippen LogP contribution < -0.4 is 4.90 Å². The molecule has 1 saturated heterocycles. The Bertz CT molecular complexity index is 781. The summed E-state index contributed by atoms with van der Waals surface area (Å²) in [6.45, 7) is 2.60. The number of esters is 1. The van der Waals surface area contributed by atoms with Gasteiger partial charge in [0.2, 0.25) is 0 Å². The number of halogens is 2. The monoisotopic (exact) mass is 386 g/mol. The van der Waals surface area contributed by atoms with E-state index >= 15 is 0 Å². The van der Waals surface area contributed by atoms with Crippen molar-refractivity contribution in [1.82, 2.24) is 4.90 Å². The van der Waals surface area contributed by atoms with Crippen LogP contribution in [0.5, 0.6) is 0 Å². The molecule has 8 heteroatoms. The molecule has 2 unspecified atom stereocenters. The van der Waals surface area contributed by atoms with Gasteiger partial charge in [-0.25, -0.2) is 9.18 Å². The van der Waals surface area contributed by atoms with Crippen molar-refractivity contribution in [1.29, 1.82) is 0 Å². The Morgan fingerprint density at radius 3 is 2.84 bits per heavy atom. The van der Waals surface area contributed by atoms with Gasteiger partial charge in [0.05, 0.1) is 39.8 Å². The van der Waals surface area contributed by atoms with E-state index in [0.29, 0.717) is 34.2 Å². The Balaban J connectivity index is 2.15. The van der Waals surface area contributed by atoms with Gasteiger partial charge in [0.15, 0.2) is 0 Å². The van der Waals surface area contributed by atoms with E-state index in [0.717, 1.165) is 0 Å². The average Bonchev–Trinajstić information content (AvgIpc) is 2.84. The first-order valence-corrected chi connectivity index (χ1v) is 9.73. The number of likely N-dealkylation sites (N-methyl/N-ethyl adjacent to an activating group) is 1. The van der Waals surface area contributed by atoms with Crippen LogP contribution in [0.25, 0.3) is 0 Å². The highest BCUT2D eigenvalue weighted by Crippen LogP contribution is 2.42. The zero-order valence-electron chi connectivity index (χ0n) is 14.3. The predicted octanol–water partition coefficient (Wildman–Crippen LogP) is 2.31. The first-order valence-electron chi connectivity index (χ1n) is 8.04. The number of hydrogen-bond acceptors (Lipinski definition) is 5. The molecule has 0 amide bonds. The second-order valence-electron chi connectivity index (χ2n) is 6.37. The van der Waals surface area contributed by atoms with E-state index in [-0.39, 0.29) is 24.1 Å². The SMILES string of the molecule is CCOC(=O)C1=C2N(c3cc(Cl)c(F)cc3C1)C(CN(C)C)CS2=O. The highest BCUT2D eigenvalue weighted by atomic mass is 35.5. The molecule has 136 valence electrons. The molecule has 2 heterocycles. The van der Waals surface area contributed by atoms with E-state index in [9.17, 15) is 13.4 Å². The van der Waals surface area contributed by atoms with Crippen LogP contribution in [0.3, 0.4) is 0 Å². The van der Waals surface area contributed by atoms with Crippen LogP contribution in [-0.4, -0.2) is 54.1 Å². The first-order chi connectivity index (χ1) is 11.8. The van der Waals surface area contributed by atoms with Crippen molar-refractivity contribution in [2.45, 2.75) is 19.4 Å². The summed E-state index contributed by atoms with van der Waals surface area (Å²) in [7, 11) is 2.54. The molecule has 0 radical (unpaired) electrons. The molecule has 0 aliphatic carbocycles. The normalized spacial score (nSPS) is 22.2. The minimum Gasteiger partial charge on any atom is -0.463 e. The molecular weight excluding hydrogens is 367 g/mol. The maximum absolute atomic E-state index is 14.0.